The molecule has 0 aromatic heterocycles. The van der Waals surface area contributed by atoms with Crippen LogP contribution in [0.15, 0.2) is 12.1 Å². The number of Topliss-reactive ketones (excluding diaryl/α,β-unsaturated/α-hetero) is 1. The molecule has 0 bridgehead atoms. The van der Waals surface area contributed by atoms with Crippen molar-refractivity contribution in [3.63, 3.8) is 0 Å². The van der Waals surface area contributed by atoms with Gasteiger partial charge in [-0.3, -0.25) is 4.79 Å². The van der Waals surface area contributed by atoms with E-state index in [4.69, 9.17) is 21.1 Å². The Hall–Kier alpha value is -1.26. The molecular weight excluding hydrogens is 254 g/mol. The van der Waals surface area contributed by atoms with Crippen molar-refractivity contribution in [2.24, 2.45) is 0 Å². The van der Waals surface area contributed by atoms with Crippen LogP contribution in [0, 0.1) is 0 Å². The van der Waals surface area contributed by atoms with Crippen LogP contribution in [0.1, 0.15) is 23.2 Å². The van der Waals surface area contributed by atoms with E-state index in [2.05, 4.69) is 5.32 Å². The van der Waals surface area contributed by atoms with Gasteiger partial charge in [-0.1, -0.05) is 11.6 Å². The quantitative estimate of drug-likeness (QED) is 0.835. The van der Waals surface area contributed by atoms with Crippen LogP contribution in [0.5, 0.6) is 5.75 Å². The van der Waals surface area contributed by atoms with E-state index >= 15 is 0 Å². The molecule has 98 valence electrons. The fourth-order valence-electron chi connectivity index (χ4n) is 1.85. The van der Waals surface area contributed by atoms with E-state index in [0.717, 1.165) is 18.7 Å². The SMILES string of the molecule is COCCCNc1cc2c(cc1Cl)C(=O)CCO2. The topological polar surface area (TPSA) is 47.6 Å². The van der Waals surface area contributed by atoms with Gasteiger partial charge < -0.3 is 14.8 Å². The third-order valence-corrected chi connectivity index (χ3v) is 3.11. The number of carbonyl (C=O) groups excluding carboxylic acids is 1. The molecular formula is C13H16ClNO3. The first-order valence-electron chi connectivity index (χ1n) is 5.94. The van der Waals surface area contributed by atoms with E-state index < -0.39 is 0 Å². The van der Waals surface area contributed by atoms with Gasteiger partial charge in [0, 0.05) is 32.7 Å². The lowest BCUT2D eigenvalue weighted by atomic mass is 10.0. The molecule has 0 atom stereocenters. The van der Waals surface area contributed by atoms with Crippen LogP contribution in [-0.2, 0) is 4.74 Å². The van der Waals surface area contributed by atoms with Crippen molar-refractivity contribution in [2.75, 3.05) is 32.2 Å². The van der Waals surface area contributed by atoms with E-state index in [0.29, 0.717) is 36.0 Å². The van der Waals surface area contributed by atoms with Gasteiger partial charge in [0.15, 0.2) is 5.78 Å². The molecule has 0 fully saturated rings. The van der Waals surface area contributed by atoms with E-state index in [-0.39, 0.29) is 5.78 Å². The van der Waals surface area contributed by atoms with Crippen molar-refractivity contribution in [1.82, 2.24) is 0 Å². The number of rotatable bonds is 5. The first kappa shape index (κ1) is 13.2. The predicted molar refractivity (Wildman–Crippen MR) is 70.9 cm³/mol. The molecule has 1 heterocycles. The third kappa shape index (κ3) is 2.94. The molecule has 0 spiro atoms. The van der Waals surface area contributed by atoms with Gasteiger partial charge in [0.2, 0.25) is 0 Å². The fourth-order valence-corrected chi connectivity index (χ4v) is 2.08. The standard InChI is InChI=1S/C13H16ClNO3/c1-17-5-2-4-15-11-8-13-9(7-10(11)14)12(16)3-6-18-13/h7-8,15H,2-6H2,1H3. The molecule has 0 saturated heterocycles. The molecule has 1 aromatic carbocycles. The Balaban J connectivity index is 2.10. The highest BCUT2D eigenvalue weighted by atomic mass is 35.5. The van der Waals surface area contributed by atoms with Crippen LogP contribution in [-0.4, -0.2) is 32.7 Å². The Labute approximate surface area is 111 Å². The fraction of sp³-hybridized carbons (Fsp3) is 0.462. The molecule has 18 heavy (non-hydrogen) atoms. The summed E-state index contributed by atoms with van der Waals surface area (Å²) in [6, 6.07) is 3.47. The zero-order valence-electron chi connectivity index (χ0n) is 10.3. The monoisotopic (exact) mass is 269 g/mol. The molecule has 0 unspecified atom stereocenters. The summed E-state index contributed by atoms with van der Waals surface area (Å²) in [5.41, 5.74) is 1.37. The second-order valence-corrected chi connectivity index (χ2v) is 4.53. The number of nitrogens with one attached hydrogen (secondary N) is 1. The van der Waals surface area contributed by atoms with Crippen LogP contribution in [0.3, 0.4) is 0 Å². The molecule has 1 aliphatic heterocycles. The van der Waals surface area contributed by atoms with Crippen molar-refractivity contribution in [2.45, 2.75) is 12.8 Å². The lowest BCUT2D eigenvalue weighted by molar-refractivity contribution is 0.0933. The zero-order valence-corrected chi connectivity index (χ0v) is 11.0. The van der Waals surface area contributed by atoms with Gasteiger partial charge in [-0.25, -0.2) is 0 Å². The smallest absolute Gasteiger partial charge is 0.170 e. The second-order valence-electron chi connectivity index (χ2n) is 4.12. The number of anilines is 1. The van der Waals surface area contributed by atoms with E-state index in [1.807, 2.05) is 0 Å². The molecule has 2 rings (SSSR count). The maximum Gasteiger partial charge on any atom is 0.170 e. The molecule has 1 aliphatic rings. The number of methoxy groups -OCH3 is 1. The number of benzene rings is 1. The summed E-state index contributed by atoms with van der Waals surface area (Å²) >= 11 is 6.14. The van der Waals surface area contributed by atoms with Crippen LogP contribution < -0.4 is 10.1 Å². The molecule has 1 N–H and O–H groups in total. The average molecular weight is 270 g/mol. The van der Waals surface area contributed by atoms with E-state index in [1.165, 1.54) is 0 Å². The summed E-state index contributed by atoms with van der Waals surface area (Å²) in [4.78, 5) is 11.7. The Morgan fingerprint density at radius 2 is 2.33 bits per heavy atom. The minimum Gasteiger partial charge on any atom is -0.492 e. The van der Waals surface area contributed by atoms with Gasteiger partial charge in [-0.2, -0.15) is 0 Å². The summed E-state index contributed by atoms with van der Waals surface area (Å²) in [7, 11) is 1.67. The zero-order chi connectivity index (χ0) is 13.0. The van der Waals surface area contributed by atoms with Gasteiger partial charge in [0.1, 0.15) is 5.75 Å². The van der Waals surface area contributed by atoms with Crippen LogP contribution in [0.25, 0.3) is 0 Å². The van der Waals surface area contributed by atoms with Gasteiger partial charge in [-0.05, 0) is 12.5 Å². The Kier molecular flexibility index (Phi) is 4.44. The first-order valence-corrected chi connectivity index (χ1v) is 6.32. The Morgan fingerprint density at radius 1 is 1.50 bits per heavy atom. The number of fused-ring (bicyclic) bond motifs is 1. The van der Waals surface area contributed by atoms with Crippen LogP contribution in [0.4, 0.5) is 5.69 Å². The number of carbonyl (C=O) groups is 1. The normalized spacial score (nSPS) is 14.0. The molecule has 0 saturated carbocycles. The number of ether oxygens (including phenoxy) is 2. The lowest BCUT2D eigenvalue weighted by Gasteiger charge is -2.18. The van der Waals surface area contributed by atoms with Crippen LogP contribution >= 0.6 is 11.6 Å². The van der Waals surface area contributed by atoms with Crippen molar-refractivity contribution in [3.05, 3.63) is 22.7 Å². The summed E-state index contributed by atoms with van der Waals surface area (Å²) < 4.78 is 10.4. The molecule has 1 aromatic rings. The maximum absolute atomic E-state index is 11.7. The van der Waals surface area contributed by atoms with Crippen molar-refractivity contribution in [3.8, 4) is 5.75 Å². The summed E-state index contributed by atoms with van der Waals surface area (Å²) in [5.74, 6) is 0.703. The largest absolute Gasteiger partial charge is 0.492 e. The third-order valence-electron chi connectivity index (χ3n) is 2.80. The molecule has 0 aliphatic carbocycles. The second kappa shape index (κ2) is 6.07. The van der Waals surface area contributed by atoms with Crippen molar-refractivity contribution >= 4 is 23.1 Å². The maximum atomic E-state index is 11.7. The average Bonchev–Trinajstić information content (AvgIpc) is 2.36. The number of hydrogen-bond donors (Lipinski definition) is 1. The molecule has 0 radical (unpaired) electrons. The van der Waals surface area contributed by atoms with Gasteiger partial charge >= 0.3 is 0 Å². The predicted octanol–water partition coefficient (Wildman–Crippen LogP) is 2.75. The van der Waals surface area contributed by atoms with Gasteiger partial charge in [0.25, 0.3) is 0 Å². The lowest BCUT2D eigenvalue weighted by Crippen LogP contribution is -2.16. The van der Waals surface area contributed by atoms with E-state index in [9.17, 15) is 4.79 Å². The van der Waals surface area contributed by atoms with Gasteiger partial charge in [-0.15, -0.1) is 0 Å². The molecule has 5 heteroatoms. The highest BCUT2D eigenvalue weighted by Crippen LogP contribution is 2.33. The Bertz CT molecular complexity index is 448. The minimum absolute atomic E-state index is 0.0871. The molecule has 4 nitrogen and oxygen atoms in total. The minimum atomic E-state index is 0.0871. The highest BCUT2D eigenvalue weighted by Gasteiger charge is 2.20. The summed E-state index contributed by atoms with van der Waals surface area (Å²) in [6.45, 7) is 1.90. The highest BCUT2D eigenvalue weighted by molar-refractivity contribution is 6.33. The summed E-state index contributed by atoms with van der Waals surface area (Å²) in [6.07, 6.45) is 1.31. The van der Waals surface area contributed by atoms with E-state index in [1.54, 1.807) is 19.2 Å². The number of halogens is 1. The Morgan fingerprint density at radius 3 is 3.11 bits per heavy atom. The number of ketones is 1. The van der Waals surface area contributed by atoms with Crippen molar-refractivity contribution in [1.29, 1.82) is 0 Å². The summed E-state index contributed by atoms with van der Waals surface area (Å²) in [5, 5.41) is 3.76. The van der Waals surface area contributed by atoms with Crippen LogP contribution in [0.2, 0.25) is 5.02 Å². The first-order chi connectivity index (χ1) is 8.72. The van der Waals surface area contributed by atoms with Gasteiger partial charge in [0.05, 0.1) is 22.9 Å². The number of hydrogen-bond acceptors (Lipinski definition) is 4. The van der Waals surface area contributed by atoms with Crippen molar-refractivity contribution < 1.29 is 14.3 Å². The molecule has 0 amide bonds.